The number of nitrogens with zero attached hydrogens (tertiary/aromatic N) is 2. The Morgan fingerprint density at radius 1 is 1.07 bits per heavy atom. The molecule has 4 rings (SSSR count). The quantitative estimate of drug-likeness (QED) is 0.173. The zero-order chi connectivity index (χ0) is 32.7. The van der Waals surface area contributed by atoms with E-state index in [0.717, 1.165) is 16.0 Å². The Kier molecular flexibility index (Phi) is 10.5. The molecular weight excluding hydrogens is 582 g/mol. The van der Waals surface area contributed by atoms with Gasteiger partial charge in [0.15, 0.2) is 5.69 Å². The summed E-state index contributed by atoms with van der Waals surface area (Å²) in [5.41, 5.74) is 2.76. The lowest BCUT2D eigenvalue weighted by Crippen LogP contribution is -2.58. The second-order valence-electron chi connectivity index (χ2n) is 10.8. The highest BCUT2D eigenvalue weighted by molar-refractivity contribution is 6.15. The van der Waals surface area contributed by atoms with E-state index in [0.29, 0.717) is 22.6 Å². The SMILES string of the molecule is Cc1ccc(CNC(=O)[C@H](COc2cccc(/C=C3\CC(=O)N(C)C3=O)c2)NC(=O)[C@@H](NC(=O)c2cc(C)on2)[C@@H](C)O)cc1. The van der Waals surface area contributed by atoms with Crippen molar-refractivity contribution in [3.05, 3.63) is 88.3 Å². The molecule has 1 aromatic heterocycles. The largest absolute Gasteiger partial charge is 0.491 e. The number of rotatable bonds is 12. The Bertz CT molecular complexity index is 1610. The number of hydrogen-bond donors (Lipinski definition) is 4. The zero-order valence-electron chi connectivity index (χ0n) is 25.3. The third-order valence-corrected chi connectivity index (χ3v) is 7.04. The van der Waals surface area contributed by atoms with Crippen LogP contribution in [0.25, 0.3) is 6.08 Å². The Hall–Kier alpha value is -5.30. The minimum Gasteiger partial charge on any atom is -0.491 e. The fourth-order valence-electron chi connectivity index (χ4n) is 4.43. The summed E-state index contributed by atoms with van der Waals surface area (Å²) >= 11 is 0. The average molecular weight is 618 g/mol. The van der Waals surface area contributed by atoms with Crippen molar-refractivity contribution in [1.82, 2.24) is 26.0 Å². The van der Waals surface area contributed by atoms with Crippen LogP contribution in [0.2, 0.25) is 0 Å². The lowest BCUT2D eigenvalue weighted by atomic mass is 10.1. The van der Waals surface area contributed by atoms with Crippen molar-refractivity contribution in [3.63, 3.8) is 0 Å². The number of carbonyl (C=O) groups is 5. The molecule has 2 aromatic carbocycles. The van der Waals surface area contributed by atoms with Crippen LogP contribution in [0.1, 0.15) is 46.3 Å². The Balaban J connectivity index is 1.49. The molecule has 3 atom stereocenters. The van der Waals surface area contributed by atoms with Gasteiger partial charge in [-0.1, -0.05) is 47.1 Å². The second-order valence-corrected chi connectivity index (χ2v) is 10.8. The molecule has 3 aromatic rings. The monoisotopic (exact) mass is 617 g/mol. The molecule has 13 heteroatoms. The van der Waals surface area contributed by atoms with Gasteiger partial charge in [0.25, 0.3) is 11.8 Å². The molecule has 0 aliphatic carbocycles. The summed E-state index contributed by atoms with van der Waals surface area (Å²) in [6.07, 6.45) is 0.261. The van der Waals surface area contributed by atoms with Gasteiger partial charge in [-0.2, -0.15) is 0 Å². The first-order valence-electron chi connectivity index (χ1n) is 14.2. The van der Waals surface area contributed by atoms with Gasteiger partial charge in [0.2, 0.25) is 17.7 Å². The van der Waals surface area contributed by atoms with E-state index in [4.69, 9.17) is 9.26 Å². The lowest BCUT2D eigenvalue weighted by molar-refractivity contribution is -0.136. The first kappa shape index (κ1) is 32.6. The fourth-order valence-corrected chi connectivity index (χ4v) is 4.43. The summed E-state index contributed by atoms with van der Waals surface area (Å²) in [5, 5.41) is 21.7. The number of likely N-dealkylation sites (tertiary alicyclic amines) is 1. The molecule has 0 spiro atoms. The normalized spacial score (nSPS) is 15.8. The minimum atomic E-state index is -1.43. The first-order valence-corrected chi connectivity index (χ1v) is 14.2. The van der Waals surface area contributed by atoms with Gasteiger partial charge in [0, 0.05) is 25.2 Å². The van der Waals surface area contributed by atoms with Crippen molar-refractivity contribution in [3.8, 4) is 5.75 Å². The van der Waals surface area contributed by atoms with Gasteiger partial charge in [-0.05, 0) is 50.1 Å². The number of aliphatic hydroxyl groups excluding tert-OH is 1. The molecule has 0 radical (unpaired) electrons. The van der Waals surface area contributed by atoms with Crippen molar-refractivity contribution in [2.24, 2.45) is 0 Å². The maximum absolute atomic E-state index is 13.3. The van der Waals surface area contributed by atoms with Crippen LogP contribution < -0.4 is 20.7 Å². The summed E-state index contributed by atoms with van der Waals surface area (Å²) in [5.74, 6) is -2.09. The van der Waals surface area contributed by atoms with Crippen LogP contribution in [0.15, 0.2) is 64.7 Å². The van der Waals surface area contributed by atoms with Gasteiger partial charge in [0.05, 0.1) is 12.5 Å². The average Bonchev–Trinajstić information content (AvgIpc) is 3.55. The van der Waals surface area contributed by atoms with Gasteiger partial charge in [-0.25, -0.2) is 0 Å². The van der Waals surface area contributed by atoms with Gasteiger partial charge >= 0.3 is 0 Å². The highest BCUT2D eigenvalue weighted by atomic mass is 16.5. The van der Waals surface area contributed by atoms with Crippen molar-refractivity contribution in [2.45, 2.75) is 51.9 Å². The van der Waals surface area contributed by atoms with Gasteiger partial charge in [-0.15, -0.1) is 0 Å². The molecule has 2 heterocycles. The number of aromatic nitrogens is 1. The number of aryl methyl sites for hydroxylation is 2. The van der Waals surface area contributed by atoms with Crippen molar-refractivity contribution in [2.75, 3.05) is 13.7 Å². The van der Waals surface area contributed by atoms with Crippen LogP contribution in [-0.2, 0) is 25.7 Å². The van der Waals surface area contributed by atoms with Crippen LogP contribution in [0, 0.1) is 13.8 Å². The number of ether oxygens (including phenoxy) is 1. The molecule has 0 bridgehead atoms. The molecule has 5 amide bonds. The van der Waals surface area contributed by atoms with Gasteiger partial charge < -0.3 is 30.3 Å². The third-order valence-electron chi connectivity index (χ3n) is 7.04. The molecule has 1 saturated heterocycles. The molecule has 1 fully saturated rings. The van der Waals surface area contributed by atoms with Crippen LogP contribution in [-0.4, -0.2) is 76.5 Å². The Morgan fingerprint density at radius 3 is 2.42 bits per heavy atom. The summed E-state index contributed by atoms with van der Waals surface area (Å²) in [6.45, 7) is 4.73. The number of carbonyl (C=O) groups excluding carboxylic acids is 5. The number of benzene rings is 2. The number of aliphatic hydroxyl groups is 1. The lowest BCUT2D eigenvalue weighted by Gasteiger charge is -2.24. The molecule has 0 unspecified atom stereocenters. The van der Waals surface area contributed by atoms with E-state index >= 15 is 0 Å². The highest BCUT2D eigenvalue weighted by Gasteiger charge is 2.32. The molecule has 236 valence electrons. The van der Waals surface area contributed by atoms with E-state index in [2.05, 4.69) is 21.1 Å². The van der Waals surface area contributed by atoms with E-state index in [9.17, 15) is 29.1 Å². The number of nitrogens with one attached hydrogen (secondary N) is 3. The summed E-state index contributed by atoms with van der Waals surface area (Å²) in [7, 11) is 1.42. The van der Waals surface area contributed by atoms with Crippen LogP contribution >= 0.6 is 0 Å². The topological polar surface area (TPSA) is 180 Å². The van der Waals surface area contributed by atoms with E-state index in [1.54, 1.807) is 37.3 Å². The summed E-state index contributed by atoms with van der Waals surface area (Å²) in [4.78, 5) is 64.5. The summed E-state index contributed by atoms with van der Waals surface area (Å²) < 4.78 is 10.8. The maximum Gasteiger partial charge on any atom is 0.274 e. The zero-order valence-corrected chi connectivity index (χ0v) is 25.3. The fraction of sp³-hybridized carbons (Fsp3) is 0.312. The van der Waals surface area contributed by atoms with Gasteiger partial charge in [0.1, 0.15) is 30.2 Å². The molecule has 1 aliphatic heterocycles. The van der Waals surface area contributed by atoms with Crippen molar-refractivity contribution in [1.29, 1.82) is 0 Å². The maximum atomic E-state index is 13.3. The van der Waals surface area contributed by atoms with Crippen LogP contribution in [0.4, 0.5) is 0 Å². The number of imide groups is 1. The predicted molar refractivity (Wildman–Crippen MR) is 161 cm³/mol. The van der Waals surface area contributed by atoms with Crippen LogP contribution in [0.3, 0.4) is 0 Å². The highest BCUT2D eigenvalue weighted by Crippen LogP contribution is 2.22. The molecule has 0 saturated carbocycles. The van der Waals surface area contributed by atoms with Crippen molar-refractivity contribution >= 4 is 35.6 Å². The molecule has 4 N–H and O–H groups in total. The van der Waals surface area contributed by atoms with E-state index in [1.165, 1.54) is 20.0 Å². The number of hydrogen-bond acceptors (Lipinski definition) is 9. The molecule has 45 heavy (non-hydrogen) atoms. The van der Waals surface area contributed by atoms with E-state index in [-0.39, 0.29) is 37.1 Å². The number of amides is 5. The summed E-state index contributed by atoms with van der Waals surface area (Å²) in [6, 6.07) is 12.9. The molecular formula is C32H35N5O8. The molecule has 13 nitrogen and oxygen atoms in total. The molecule has 1 aliphatic rings. The Morgan fingerprint density at radius 2 is 1.80 bits per heavy atom. The van der Waals surface area contributed by atoms with E-state index in [1.807, 2.05) is 31.2 Å². The number of likely N-dealkylation sites (N-methyl/N-ethyl adjacent to an activating group) is 1. The van der Waals surface area contributed by atoms with E-state index < -0.39 is 35.9 Å². The first-order chi connectivity index (χ1) is 21.4. The standard InChI is InChI=1S/C32H35N5O8/c1-18-8-10-21(11-9-18)16-33-29(40)26(34-31(42)28(20(3)38)35-30(41)25-12-19(2)45-36-25)17-44-24-7-5-6-22(14-24)13-23-15-27(39)37(4)32(23)43/h5-14,20,26,28,38H,15-17H2,1-4H3,(H,33,40)(H,34,42)(H,35,41)/b23-13+/t20-,26+,28+/m1/s1. The second kappa shape index (κ2) is 14.4. The third kappa shape index (κ3) is 8.63. The predicted octanol–water partition coefficient (Wildman–Crippen LogP) is 1.42. The van der Waals surface area contributed by atoms with Crippen LogP contribution in [0.5, 0.6) is 5.75 Å². The van der Waals surface area contributed by atoms with Crippen molar-refractivity contribution < 1.29 is 38.3 Å². The Labute approximate surface area is 259 Å². The smallest absolute Gasteiger partial charge is 0.274 e. The van der Waals surface area contributed by atoms with Gasteiger partial charge in [-0.3, -0.25) is 28.9 Å². The minimum absolute atomic E-state index is 0.00702.